The van der Waals surface area contributed by atoms with E-state index in [1.165, 1.54) is 50.5 Å². The van der Waals surface area contributed by atoms with E-state index in [4.69, 9.17) is 4.52 Å². The average molecular weight is 383 g/mol. The lowest BCUT2D eigenvalue weighted by atomic mass is 9.87. The van der Waals surface area contributed by atoms with Crippen molar-refractivity contribution in [3.63, 3.8) is 0 Å². The minimum atomic E-state index is -3.54. The summed E-state index contributed by atoms with van der Waals surface area (Å²) in [7, 11) is -3.54. The molecule has 1 aromatic rings. The van der Waals surface area contributed by atoms with Gasteiger partial charge in [0.15, 0.2) is 0 Å². The first-order valence-electron chi connectivity index (χ1n) is 10.4. The summed E-state index contributed by atoms with van der Waals surface area (Å²) in [4.78, 5) is 10.1. The van der Waals surface area contributed by atoms with Crippen LogP contribution in [0.3, 0.4) is 0 Å². The van der Waals surface area contributed by atoms with Gasteiger partial charge in [0.2, 0.25) is 0 Å². The smallest absolute Gasteiger partial charge is 0.376 e. The SMILES string of the molecule is CCCCCCCCCCCCP(=O)(O)Oc1ccc(C(C)(C)C)cc1. The maximum absolute atomic E-state index is 12.2. The van der Waals surface area contributed by atoms with Gasteiger partial charge in [0.25, 0.3) is 0 Å². The van der Waals surface area contributed by atoms with Crippen LogP contribution in [0.5, 0.6) is 5.75 Å². The Kier molecular flexibility index (Phi) is 10.6. The van der Waals surface area contributed by atoms with E-state index in [1.54, 1.807) is 12.1 Å². The second kappa shape index (κ2) is 11.8. The van der Waals surface area contributed by atoms with E-state index in [0.717, 1.165) is 19.3 Å². The summed E-state index contributed by atoms with van der Waals surface area (Å²) in [6, 6.07) is 7.52. The van der Waals surface area contributed by atoms with Gasteiger partial charge in [0.05, 0.1) is 6.16 Å². The maximum Gasteiger partial charge on any atom is 0.376 e. The molecule has 0 saturated heterocycles. The van der Waals surface area contributed by atoms with Crippen LogP contribution in [0, 0.1) is 0 Å². The molecule has 150 valence electrons. The van der Waals surface area contributed by atoms with Gasteiger partial charge in [-0.3, -0.25) is 0 Å². The van der Waals surface area contributed by atoms with Crippen LogP contribution < -0.4 is 4.52 Å². The standard InChI is InChI=1S/C22H39O3P/c1-5-6-7-8-9-10-11-12-13-14-19-26(23,24)25-21-17-15-20(16-18-21)22(2,3)4/h15-18H,5-14,19H2,1-4H3,(H,23,24). The van der Waals surface area contributed by atoms with Crippen molar-refractivity contribution in [1.82, 2.24) is 0 Å². The molecule has 0 fully saturated rings. The number of benzene rings is 1. The van der Waals surface area contributed by atoms with Crippen LogP contribution in [0.25, 0.3) is 0 Å². The second-order valence-electron chi connectivity index (χ2n) is 8.41. The van der Waals surface area contributed by atoms with E-state index in [1.807, 2.05) is 12.1 Å². The zero-order valence-corrected chi connectivity index (χ0v) is 18.2. The van der Waals surface area contributed by atoms with Crippen molar-refractivity contribution in [1.29, 1.82) is 0 Å². The number of hydrogen-bond donors (Lipinski definition) is 1. The molecule has 1 aromatic carbocycles. The van der Waals surface area contributed by atoms with Crippen molar-refractivity contribution in [2.75, 3.05) is 6.16 Å². The molecule has 26 heavy (non-hydrogen) atoms. The number of hydrogen-bond acceptors (Lipinski definition) is 2. The van der Waals surface area contributed by atoms with Crippen LogP contribution in [0.15, 0.2) is 24.3 Å². The van der Waals surface area contributed by atoms with Gasteiger partial charge >= 0.3 is 7.60 Å². The summed E-state index contributed by atoms with van der Waals surface area (Å²) in [6.45, 7) is 8.67. The van der Waals surface area contributed by atoms with Gasteiger partial charge in [-0.1, -0.05) is 97.6 Å². The highest BCUT2D eigenvalue weighted by molar-refractivity contribution is 7.53. The van der Waals surface area contributed by atoms with Gasteiger partial charge in [0.1, 0.15) is 5.75 Å². The highest BCUT2D eigenvalue weighted by atomic mass is 31.2. The highest BCUT2D eigenvalue weighted by Gasteiger charge is 2.21. The van der Waals surface area contributed by atoms with Crippen molar-refractivity contribution < 1.29 is 14.0 Å². The minimum absolute atomic E-state index is 0.0669. The molecule has 3 nitrogen and oxygen atoms in total. The van der Waals surface area contributed by atoms with Gasteiger partial charge in [-0.2, -0.15) is 0 Å². The molecule has 0 aromatic heterocycles. The van der Waals surface area contributed by atoms with Crippen LogP contribution in [0.2, 0.25) is 0 Å². The topological polar surface area (TPSA) is 46.5 Å². The first kappa shape index (κ1) is 23.2. The molecule has 0 aliphatic heterocycles. The zero-order chi connectivity index (χ0) is 19.5. The van der Waals surface area contributed by atoms with Gasteiger partial charge in [-0.15, -0.1) is 0 Å². The van der Waals surface area contributed by atoms with Crippen LogP contribution in [-0.4, -0.2) is 11.1 Å². The highest BCUT2D eigenvalue weighted by Crippen LogP contribution is 2.43. The third-order valence-electron chi connectivity index (χ3n) is 4.76. The Morgan fingerprint density at radius 3 is 1.77 bits per heavy atom. The van der Waals surface area contributed by atoms with Crippen LogP contribution in [0.1, 0.15) is 97.5 Å². The Balaban J connectivity index is 2.19. The summed E-state index contributed by atoms with van der Waals surface area (Å²) in [5.74, 6) is 0.482. The Bertz CT molecular complexity index is 531. The van der Waals surface area contributed by atoms with Crippen molar-refractivity contribution in [2.45, 2.75) is 97.3 Å². The van der Waals surface area contributed by atoms with Crippen LogP contribution in [0.4, 0.5) is 0 Å². The molecule has 0 heterocycles. The number of rotatable bonds is 13. The summed E-state index contributed by atoms with van der Waals surface area (Å²) in [6.07, 6.45) is 12.4. The van der Waals surface area contributed by atoms with Gasteiger partial charge < -0.3 is 9.42 Å². The predicted molar refractivity (Wildman–Crippen MR) is 112 cm³/mol. The normalized spacial score (nSPS) is 14.2. The first-order chi connectivity index (χ1) is 12.2. The second-order valence-corrected chi connectivity index (χ2v) is 10.3. The van der Waals surface area contributed by atoms with Gasteiger partial charge in [-0.25, -0.2) is 4.57 Å². The lowest BCUT2D eigenvalue weighted by Crippen LogP contribution is -2.10. The number of unbranched alkanes of at least 4 members (excludes halogenated alkanes) is 9. The van der Waals surface area contributed by atoms with Crippen molar-refractivity contribution in [3.05, 3.63) is 29.8 Å². The first-order valence-corrected chi connectivity index (χ1v) is 12.1. The van der Waals surface area contributed by atoms with Crippen molar-refractivity contribution >= 4 is 7.60 Å². The Labute approximate surface area is 161 Å². The maximum atomic E-state index is 12.2. The molecular weight excluding hydrogens is 343 g/mol. The van der Waals surface area contributed by atoms with Gasteiger partial charge in [0, 0.05) is 0 Å². The largest absolute Gasteiger partial charge is 0.424 e. The molecule has 0 saturated carbocycles. The lowest BCUT2D eigenvalue weighted by molar-refractivity contribution is 0.377. The van der Waals surface area contributed by atoms with Crippen molar-refractivity contribution in [2.24, 2.45) is 0 Å². The Hall–Kier alpha value is -0.790. The zero-order valence-electron chi connectivity index (χ0n) is 17.3. The van der Waals surface area contributed by atoms with Crippen molar-refractivity contribution in [3.8, 4) is 5.75 Å². The van der Waals surface area contributed by atoms with E-state index < -0.39 is 7.60 Å². The molecule has 1 atom stereocenters. The van der Waals surface area contributed by atoms with E-state index in [9.17, 15) is 9.46 Å². The lowest BCUT2D eigenvalue weighted by Gasteiger charge is -2.19. The molecule has 0 aliphatic carbocycles. The average Bonchev–Trinajstić information content (AvgIpc) is 2.56. The molecule has 1 N–H and O–H groups in total. The Morgan fingerprint density at radius 1 is 0.846 bits per heavy atom. The van der Waals surface area contributed by atoms with E-state index in [-0.39, 0.29) is 11.6 Å². The predicted octanol–water partition coefficient (Wildman–Crippen LogP) is 7.47. The molecule has 4 heteroatoms. The third kappa shape index (κ3) is 10.4. The molecule has 1 unspecified atom stereocenters. The Morgan fingerprint density at radius 2 is 1.31 bits per heavy atom. The quantitative estimate of drug-likeness (QED) is 0.284. The molecular formula is C22H39O3P. The van der Waals surface area contributed by atoms with E-state index in [2.05, 4.69) is 27.7 Å². The van der Waals surface area contributed by atoms with Gasteiger partial charge in [-0.05, 0) is 29.5 Å². The molecule has 0 radical (unpaired) electrons. The molecule has 0 spiro atoms. The fourth-order valence-electron chi connectivity index (χ4n) is 3.03. The molecule has 0 amide bonds. The van der Waals surface area contributed by atoms with E-state index in [0.29, 0.717) is 5.75 Å². The monoisotopic (exact) mass is 382 g/mol. The fourth-order valence-corrected chi connectivity index (χ4v) is 4.19. The van der Waals surface area contributed by atoms with Crippen LogP contribution >= 0.6 is 7.60 Å². The summed E-state index contributed by atoms with van der Waals surface area (Å²) in [5.41, 5.74) is 1.25. The van der Waals surface area contributed by atoms with E-state index >= 15 is 0 Å². The van der Waals surface area contributed by atoms with Crippen LogP contribution in [-0.2, 0) is 9.98 Å². The summed E-state index contributed by atoms with van der Waals surface area (Å²) >= 11 is 0. The fraction of sp³-hybridized carbons (Fsp3) is 0.727. The molecule has 0 aliphatic rings. The molecule has 0 bridgehead atoms. The summed E-state index contributed by atoms with van der Waals surface area (Å²) in [5, 5.41) is 0. The molecule has 1 rings (SSSR count). The summed E-state index contributed by atoms with van der Waals surface area (Å²) < 4.78 is 17.6. The minimum Gasteiger partial charge on any atom is -0.424 e. The third-order valence-corrected chi connectivity index (χ3v) is 6.14.